The minimum atomic E-state index is -0.293. The second-order valence-electron chi connectivity index (χ2n) is 4.65. The van der Waals surface area contributed by atoms with Crippen molar-refractivity contribution in [3.63, 3.8) is 0 Å². The van der Waals surface area contributed by atoms with Crippen LogP contribution in [0.2, 0.25) is 0 Å². The Labute approximate surface area is 104 Å². The molecule has 1 aliphatic rings. The average Bonchev–Trinajstić information content (AvgIpc) is 2.65. The Balaban J connectivity index is 2.01. The molecule has 4 nitrogen and oxygen atoms in total. The first-order valence-electron chi connectivity index (χ1n) is 5.35. The largest absolute Gasteiger partial charge is 0.339 e. The third kappa shape index (κ3) is 3.40. The maximum atomic E-state index is 5.92. The van der Waals surface area contributed by atoms with E-state index in [1.807, 2.05) is 37.4 Å². The Morgan fingerprint density at radius 2 is 2.31 bits per heavy atom. The van der Waals surface area contributed by atoms with Crippen LogP contribution < -0.4 is 5.73 Å². The van der Waals surface area contributed by atoms with Crippen molar-refractivity contribution < 1.29 is 4.52 Å². The van der Waals surface area contributed by atoms with E-state index in [0.29, 0.717) is 17.6 Å². The predicted molar refractivity (Wildman–Crippen MR) is 68.8 cm³/mol. The van der Waals surface area contributed by atoms with E-state index in [2.05, 4.69) is 10.1 Å². The molecule has 1 atom stereocenters. The first kappa shape index (κ1) is 12.3. The summed E-state index contributed by atoms with van der Waals surface area (Å²) in [5, 5.41) is 4.43. The molecule has 1 aliphatic heterocycles. The van der Waals surface area contributed by atoms with Gasteiger partial charge in [0.2, 0.25) is 5.89 Å². The molecular formula is C10H17N3OS2. The third-order valence-corrected chi connectivity index (χ3v) is 4.95. The van der Waals surface area contributed by atoms with Crippen LogP contribution in [0, 0.1) is 0 Å². The molecule has 1 unspecified atom stereocenters. The van der Waals surface area contributed by atoms with E-state index in [0.717, 1.165) is 11.6 Å². The molecule has 1 fully saturated rings. The minimum Gasteiger partial charge on any atom is -0.339 e. The van der Waals surface area contributed by atoms with E-state index in [1.165, 1.54) is 11.5 Å². The van der Waals surface area contributed by atoms with E-state index >= 15 is 0 Å². The number of hydrogen-bond acceptors (Lipinski definition) is 6. The van der Waals surface area contributed by atoms with Crippen LogP contribution in [0.1, 0.15) is 30.8 Å². The van der Waals surface area contributed by atoms with Gasteiger partial charge in [-0.25, -0.2) is 0 Å². The van der Waals surface area contributed by atoms with Gasteiger partial charge in [-0.3, -0.25) is 0 Å². The molecule has 16 heavy (non-hydrogen) atoms. The predicted octanol–water partition coefficient (Wildman–Crippen LogP) is 1.87. The lowest BCUT2D eigenvalue weighted by Gasteiger charge is -2.17. The highest BCUT2D eigenvalue weighted by atomic mass is 32.2. The third-order valence-electron chi connectivity index (χ3n) is 2.19. The van der Waals surface area contributed by atoms with Crippen LogP contribution in [-0.2, 0) is 6.42 Å². The second kappa shape index (κ2) is 4.98. The molecule has 0 radical (unpaired) electrons. The van der Waals surface area contributed by atoms with Gasteiger partial charge >= 0.3 is 0 Å². The fourth-order valence-corrected chi connectivity index (χ4v) is 4.09. The first-order valence-corrected chi connectivity index (χ1v) is 7.56. The number of nitrogens with two attached hydrogens (primary N) is 1. The number of rotatable bonds is 3. The molecule has 2 heterocycles. The minimum absolute atomic E-state index is 0.293. The van der Waals surface area contributed by atoms with E-state index in [9.17, 15) is 0 Å². The molecule has 1 saturated heterocycles. The summed E-state index contributed by atoms with van der Waals surface area (Å²) in [6, 6.07) is 0. The molecule has 0 spiro atoms. The van der Waals surface area contributed by atoms with Gasteiger partial charge < -0.3 is 10.3 Å². The zero-order chi connectivity index (χ0) is 11.6. The summed E-state index contributed by atoms with van der Waals surface area (Å²) in [5.41, 5.74) is 5.62. The van der Waals surface area contributed by atoms with Crippen molar-refractivity contribution in [3.05, 3.63) is 11.7 Å². The van der Waals surface area contributed by atoms with Crippen LogP contribution in [0.25, 0.3) is 0 Å². The van der Waals surface area contributed by atoms with Crippen molar-refractivity contribution in [3.8, 4) is 0 Å². The molecule has 0 amide bonds. The molecule has 2 rings (SSSR count). The van der Waals surface area contributed by atoms with Crippen LogP contribution in [-0.4, -0.2) is 32.9 Å². The van der Waals surface area contributed by atoms with Gasteiger partial charge in [-0.05, 0) is 13.8 Å². The Morgan fingerprint density at radius 3 is 2.94 bits per heavy atom. The standard InChI is InChI=1S/C10H17N3OS2/c1-10(2,11)5-8-12-9(13-14-8)7-6-15-3-4-16-7/h7H,3-6,11H2,1-2H3. The fraction of sp³-hybridized carbons (Fsp3) is 0.800. The molecular weight excluding hydrogens is 242 g/mol. The summed E-state index contributed by atoms with van der Waals surface area (Å²) in [6.07, 6.45) is 0.629. The molecule has 2 N–H and O–H groups in total. The van der Waals surface area contributed by atoms with Gasteiger partial charge in [0.1, 0.15) is 0 Å². The number of hydrogen-bond donors (Lipinski definition) is 1. The highest BCUT2D eigenvalue weighted by Crippen LogP contribution is 2.35. The number of thioether (sulfide) groups is 2. The van der Waals surface area contributed by atoms with Gasteiger partial charge in [0.15, 0.2) is 5.82 Å². The maximum absolute atomic E-state index is 5.92. The Kier molecular flexibility index (Phi) is 3.81. The zero-order valence-corrected chi connectivity index (χ0v) is 11.2. The van der Waals surface area contributed by atoms with E-state index in [1.54, 1.807) is 0 Å². The van der Waals surface area contributed by atoms with Crippen molar-refractivity contribution in [1.82, 2.24) is 10.1 Å². The zero-order valence-electron chi connectivity index (χ0n) is 9.60. The van der Waals surface area contributed by atoms with Gasteiger partial charge in [0.05, 0.1) is 5.25 Å². The van der Waals surface area contributed by atoms with Crippen molar-refractivity contribution >= 4 is 23.5 Å². The van der Waals surface area contributed by atoms with Crippen molar-refractivity contribution in [2.24, 2.45) is 5.73 Å². The summed E-state index contributed by atoms with van der Waals surface area (Å²) in [4.78, 5) is 4.43. The smallest absolute Gasteiger partial charge is 0.228 e. The lowest BCUT2D eigenvalue weighted by Crippen LogP contribution is -2.34. The van der Waals surface area contributed by atoms with Crippen molar-refractivity contribution in [1.29, 1.82) is 0 Å². The van der Waals surface area contributed by atoms with Crippen LogP contribution >= 0.6 is 23.5 Å². The Morgan fingerprint density at radius 1 is 1.50 bits per heavy atom. The van der Waals surface area contributed by atoms with E-state index in [-0.39, 0.29) is 5.54 Å². The highest BCUT2D eigenvalue weighted by Gasteiger charge is 2.23. The molecule has 1 aromatic heterocycles. The van der Waals surface area contributed by atoms with Gasteiger partial charge in [0, 0.05) is 29.2 Å². The van der Waals surface area contributed by atoms with Crippen LogP contribution in [0.5, 0.6) is 0 Å². The van der Waals surface area contributed by atoms with Gasteiger partial charge in [-0.1, -0.05) is 5.16 Å². The summed E-state index contributed by atoms with van der Waals surface area (Å²) >= 11 is 3.86. The monoisotopic (exact) mass is 259 g/mol. The van der Waals surface area contributed by atoms with Crippen LogP contribution in [0.4, 0.5) is 0 Å². The number of aromatic nitrogens is 2. The molecule has 1 aromatic rings. The Hall–Kier alpha value is -0.200. The normalized spacial score (nSPS) is 22.3. The highest BCUT2D eigenvalue weighted by molar-refractivity contribution is 8.06. The molecule has 0 aliphatic carbocycles. The molecule has 0 bridgehead atoms. The SMILES string of the molecule is CC(C)(N)Cc1nc(C2CSCCS2)no1. The van der Waals surface area contributed by atoms with Gasteiger partial charge in [-0.2, -0.15) is 16.7 Å². The summed E-state index contributed by atoms with van der Waals surface area (Å²) in [5.74, 6) is 4.95. The van der Waals surface area contributed by atoms with Crippen molar-refractivity contribution in [2.45, 2.75) is 31.1 Å². The molecule has 0 aromatic carbocycles. The summed E-state index contributed by atoms with van der Waals surface area (Å²) < 4.78 is 5.23. The maximum Gasteiger partial charge on any atom is 0.228 e. The lowest BCUT2D eigenvalue weighted by molar-refractivity contribution is 0.345. The lowest BCUT2D eigenvalue weighted by atomic mass is 10.0. The first-order chi connectivity index (χ1) is 7.54. The average molecular weight is 259 g/mol. The van der Waals surface area contributed by atoms with Gasteiger partial charge in [0.25, 0.3) is 0 Å². The molecule has 90 valence electrons. The summed E-state index contributed by atoms with van der Waals surface area (Å²) in [6.45, 7) is 3.92. The Bertz CT molecular complexity index is 342. The molecule has 0 saturated carbocycles. The quantitative estimate of drug-likeness (QED) is 0.894. The van der Waals surface area contributed by atoms with E-state index in [4.69, 9.17) is 10.3 Å². The fourth-order valence-electron chi connectivity index (χ4n) is 1.50. The second-order valence-corrected chi connectivity index (χ2v) is 7.11. The number of nitrogens with zero attached hydrogens (tertiary/aromatic N) is 2. The van der Waals surface area contributed by atoms with Crippen molar-refractivity contribution in [2.75, 3.05) is 17.3 Å². The summed E-state index contributed by atoms with van der Waals surface area (Å²) in [7, 11) is 0. The molecule has 6 heteroatoms. The van der Waals surface area contributed by atoms with Gasteiger partial charge in [-0.15, -0.1) is 11.8 Å². The van der Waals surface area contributed by atoms with Crippen LogP contribution in [0.3, 0.4) is 0 Å². The van der Waals surface area contributed by atoms with E-state index < -0.39 is 0 Å². The van der Waals surface area contributed by atoms with Crippen LogP contribution in [0.15, 0.2) is 4.52 Å². The topological polar surface area (TPSA) is 64.9 Å².